The quantitative estimate of drug-likeness (QED) is 0.283. The summed E-state index contributed by atoms with van der Waals surface area (Å²) in [6, 6.07) is 14.3. The lowest BCUT2D eigenvalue weighted by Crippen LogP contribution is -2.36. The maximum absolute atomic E-state index is 12.8. The summed E-state index contributed by atoms with van der Waals surface area (Å²) in [5.74, 6) is 2.01. The van der Waals surface area contributed by atoms with Crippen LogP contribution in [0.4, 0.5) is 23.1 Å². The van der Waals surface area contributed by atoms with Crippen molar-refractivity contribution >= 4 is 62.4 Å². The number of anilines is 4. The minimum Gasteiger partial charge on any atom is -0.495 e. The molecule has 2 N–H and O–H groups in total. The highest BCUT2D eigenvalue weighted by molar-refractivity contribution is 7.98. The Labute approximate surface area is 225 Å². The Morgan fingerprint density at radius 3 is 2.84 bits per heavy atom. The van der Waals surface area contributed by atoms with Crippen molar-refractivity contribution in [3.8, 4) is 5.75 Å². The number of carbonyl (C=O) groups is 1. The van der Waals surface area contributed by atoms with Crippen LogP contribution in [0.2, 0.25) is 0 Å². The van der Waals surface area contributed by atoms with Crippen LogP contribution in [0.1, 0.15) is 11.1 Å². The minimum atomic E-state index is 0.0767. The molecule has 3 heterocycles. The number of thiophene rings is 1. The molecular weight excluding hydrogens is 504 g/mol. The van der Waals surface area contributed by atoms with E-state index in [1.807, 2.05) is 47.5 Å². The third-order valence-electron chi connectivity index (χ3n) is 6.24. The number of amides is 1. The number of rotatable bonds is 9. The number of carbonyl (C=O) groups excluding carboxylic acids is 1. The van der Waals surface area contributed by atoms with Crippen molar-refractivity contribution in [3.05, 3.63) is 59.0 Å². The van der Waals surface area contributed by atoms with Crippen LogP contribution in [-0.2, 0) is 17.8 Å². The van der Waals surface area contributed by atoms with E-state index in [4.69, 9.17) is 14.7 Å². The number of likely N-dealkylation sites (N-methyl/N-ethyl adjacent to an activating group) is 1. The molecule has 37 heavy (non-hydrogen) atoms. The molecule has 192 valence electrons. The molecule has 0 saturated carbocycles. The smallest absolute Gasteiger partial charge is 0.241 e. The lowest BCUT2D eigenvalue weighted by Gasteiger charge is -2.21. The van der Waals surface area contributed by atoms with Crippen molar-refractivity contribution in [1.29, 1.82) is 0 Å². The fourth-order valence-electron chi connectivity index (χ4n) is 4.48. The number of hydrogen-bond donors (Lipinski definition) is 2. The van der Waals surface area contributed by atoms with Crippen molar-refractivity contribution in [1.82, 2.24) is 14.9 Å². The first-order valence-corrected chi connectivity index (χ1v) is 14.1. The van der Waals surface area contributed by atoms with E-state index in [-0.39, 0.29) is 5.91 Å². The fourth-order valence-corrected chi connectivity index (χ4v) is 5.90. The third-order valence-corrected chi connectivity index (χ3v) is 7.99. The van der Waals surface area contributed by atoms with Gasteiger partial charge in [-0.3, -0.25) is 4.79 Å². The van der Waals surface area contributed by atoms with Gasteiger partial charge in [0.2, 0.25) is 11.9 Å². The van der Waals surface area contributed by atoms with Gasteiger partial charge in [-0.1, -0.05) is 18.2 Å². The first kappa shape index (κ1) is 25.3. The number of ether oxygens (including phenoxy) is 1. The molecule has 0 fully saturated rings. The zero-order valence-corrected chi connectivity index (χ0v) is 23.0. The number of fused-ring (bicyclic) bond motifs is 2. The maximum atomic E-state index is 12.8. The Balaban J connectivity index is 1.45. The van der Waals surface area contributed by atoms with Crippen LogP contribution in [-0.4, -0.2) is 61.3 Å². The molecule has 0 radical (unpaired) electrons. The molecule has 2 aromatic heterocycles. The van der Waals surface area contributed by atoms with E-state index in [0.717, 1.165) is 39.4 Å². The molecule has 4 aromatic rings. The number of benzene rings is 2. The first-order chi connectivity index (χ1) is 18.0. The largest absolute Gasteiger partial charge is 0.495 e. The second-order valence-electron chi connectivity index (χ2n) is 9.04. The number of hydrogen-bond acceptors (Lipinski definition) is 9. The molecule has 0 aliphatic carbocycles. The van der Waals surface area contributed by atoms with E-state index >= 15 is 0 Å². The maximum Gasteiger partial charge on any atom is 0.241 e. The molecule has 1 aliphatic rings. The van der Waals surface area contributed by atoms with Gasteiger partial charge in [-0.15, -0.1) is 23.1 Å². The van der Waals surface area contributed by atoms with Gasteiger partial charge in [0.05, 0.1) is 29.6 Å². The summed E-state index contributed by atoms with van der Waals surface area (Å²) >= 11 is 3.35. The highest BCUT2D eigenvalue weighted by Crippen LogP contribution is 2.39. The lowest BCUT2D eigenvalue weighted by molar-refractivity contribution is -0.119. The second kappa shape index (κ2) is 11.0. The average molecular weight is 535 g/mol. The van der Waals surface area contributed by atoms with Crippen LogP contribution in [0, 0.1) is 0 Å². The Hall–Kier alpha value is -3.34. The molecule has 10 heteroatoms. The number of thioether (sulfide) groups is 1. The predicted molar refractivity (Wildman–Crippen MR) is 154 cm³/mol. The number of nitrogens with one attached hydrogen (secondary N) is 2. The van der Waals surface area contributed by atoms with Crippen molar-refractivity contribution in [2.24, 2.45) is 0 Å². The Morgan fingerprint density at radius 1 is 1.22 bits per heavy atom. The average Bonchev–Trinajstić information content (AvgIpc) is 3.53. The summed E-state index contributed by atoms with van der Waals surface area (Å²) in [4.78, 5) is 27.4. The standard InChI is InChI=1S/C27H30N6O2S2/c1-32(2)16-24(34)33-11-9-17-13-22(35-3)20(14-21(17)33)30-27-29-19-10-12-37-25(19)26(31-27)28-15-18-7-5-6-8-23(18)36-4/h5-8,10,12-14H,9,11,15-16H2,1-4H3,(H2,28,29,30,31). The molecule has 2 aromatic carbocycles. The Bertz CT molecular complexity index is 1440. The van der Waals surface area contributed by atoms with E-state index in [0.29, 0.717) is 31.3 Å². The summed E-state index contributed by atoms with van der Waals surface area (Å²) < 4.78 is 6.70. The summed E-state index contributed by atoms with van der Waals surface area (Å²) in [5.41, 5.74) is 4.80. The molecule has 0 unspecified atom stereocenters. The summed E-state index contributed by atoms with van der Waals surface area (Å²) in [6.07, 6.45) is 2.89. The predicted octanol–water partition coefficient (Wildman–Crippen LogP) is 5.23. The summed E-state index contributed by atoms with van der Waals surface area (Å²) in [5, 5.41) is 8.90. The van der Waals surface area contributed by atoms with Gasteiger partial charge in [-0.05, 0) is 67.5 Å². The van der Waals surface area contributed by atoms with Crippen LogP contribution in [0.5, 0.6) is 5.75 Å². The number of aromatic nitrogens is 2. The third kappa shape index (κ3) is 5.36. The van der Waals surface area contributed by atoms with Crippen LogP contribution < -0.4 is 20.3 Å². The normalized spacial score (nSPS) is 12.7. The zero-order chi connectivity index (χ0) is 25.9. The van der Waals surface area contributed by atoms with Crippen LogP contribution in [0.3, 0.4) is 0 Å². The van der Waals surface area contributed by atoms with Gasteiger partial charge < -0.3 is 25.2 Å². The topological polar surface area (TPSA) is 82.6 Å². The lowest BCUT2D eigenvalue weighted by atomic mass is 10.1. The monoisotopic (exact) mass is 534 g/mol. The van der Waals surface area contributed by atoms with E-state index in [1.165, 1.54) is 10.5 Å². The molecule has 0 saturated heterocycles. The summed E-state index contributed by atoms with van der Waals surface area (Å²) in [7, 11) is 5.45. The fraction of sp³-hybridized carbons (Fsp3) is 0.296. The van der Waals surface area contributed by atoms with E-state index in [2.05, 4.69) is 41.2 Å². The molecule has 5 rings (SSSR count). The molecule has 0 atom stereocenters. The van der Waals surface area contributed by atoms with Gasteiger partial charge in [0.15, 0.2) is 0 Å². The highest BCUT2D eigenvalue weighted by Gasteiger charge is 2.27. The van der Waals surface area contributed by atoms with Gasteiger partial charge in [-0.25, -0.2) is 4.98 Å². The molecule has 1 amide bonds. The SMILES string of the molecule is COc1cc2c(cc1Nc1nc(NCc3ccccc3SC)c3sccc3n1)N(C(=O)CN(C)C)CC2. The van der Waals surface area contributed by atoms with Crippen molar-refractivity contribution < 1.29 is 9.53 Å². The van der Waals surface area contributed by atoms with E-state index < -0.39 is 0 Å². The zero-order valence-electron chi connectivity index (χ0n) is 21.4. The van der Waals surface area contributed by atoms with Crippen molar-refractivity contribution in [3.63, 3.8) is 0 Å². The second-order valence-corrected chi connectivity index (χ2v) is 10.8. The van der Waals surface area contributed by atoms with Gasteiger partial charge >= 0.3 is 0 Å². The van der Waals surface area contributed by atoms with Gasteiger partial charge in [0.25, 0.3) is 0 Å². The number of nitrogens with zero attached hydrogens (tertiary/aromatic N) is 4. The first-order valence-electron chi connectivity index (χ1n) is 12.0. The van der Waals surface area contributed by atoms with Crippen LogP contribution in [0.25, 0.3) is 10.2 Å². The molecule has 8 nitrogen and oxygen atoms in total. The number of methoxy groups -OCH3 is 1. The Kier molecular flexibility index (Phi) is 7.50. The van der Waals surface area contributed by atoms with Gasteiger partial charge in [-0.2, -0.15) is 4.98 Å². The van der Waals surface area contributed by atoms with Crippen molar-refractivity contribution in [2.45, 2.75) is 17.9 Å². The molecule has 0 spiro atoms. The molecular formula is C27H30N6O2S2. The van der Waals surface area contributed by atoms with Crippen molar-refractivity contribution in [2.75, 3.05) is 56.1 Å². The Morgan fingerprint density at radius 2 is 2.05 bits per heavy atom. The van der Waals surface area contributed by atoms with E-state index in [1.54, 1.807) is 30.2 Å². The van der Waals surface area contributed by atoms with Crippen LogP contribution >= 0.6 is 23.1 Å². The molecule has 1 aliphatic heterocycles. The highest BCUT2D eigenvalue weighted by atomic mass is 32.2. The van der Waals surface area contributed by atoms with Gasteiger partial charge in [0.1, 0.15) is 11.6 Å². The summed E-state index contributed by atoms with van der Waals surface area (Å²) in [6.45, 7) is 1.68. The van der Waals surface area contributed by atoms with E-state index in [9.17, 15) is 4.79 Å². The molecule has 0 bridgehead atoms. The minimum absolute atomic E-state index is 0.0767. The van der Waals surface area contributed by atoms with Gasteiger partial charge in [0, 0.05) is 23.7 Å². The van der Waals surface area contributed by atoms with Crippen LogP contribution in [0.15, 0.2) is 52.7 Å².